The highest BCUT2D eigenvalue weighted by Gasteiger charge is 2.21. The number of rotatable bonds is 5. The van der Waals surface area contributed by atoms with Gasteiger partial charge >= 0.3 is 0 Å². The summed E-state index contributed by atoms with van der Waals surface area (Å²) in [4.78, 5) is 25.1. The zero-order valence-electron chi connectivity index (χ0n) is 16.4. The Hall–Kier alpha value is -3.26. The Morgan fingerprint density at radius 3 is 2.87 bits per heavy atom. The van der Waals surface area contributed by atoms with Crippen molar-refractivity contribution in [2.45, 2.75) is 25.7 Å². The second-order valence-electron chi connectivity index (χ2n) is 7.65. The van der Waals surface area contributed by atoms with Crippen LogP contribution in [0.15, 0.2) is 47.4 Å². The van der Waals surface area contributed by atoms with Crippen molar-refractivity contribution >= 4 is 11.2 Å². The second-order valence-corrected chi connectivity index (χ2v) is 7.65. The highest BCUT2D eigenvalue weighted by molar-refractivity contribution is 5.71. The molecule has 1 aliphatic rings. The van der Waals surface area contributed by atoms with E-state index < -0.39 is 0 Å². The van der Waals surface area contributed by atoms with E-state index in [1.54, 1.807) is 24.4 Å². The number of H-pyrrole nitrogens is 2. The summed E-state index contributed by atoms with van der Waals surface area (Å²) in [5.74, 6) is 0.547. The predicted octanol–water partition coefficient (Wildman–Crippen LogP) is 3.60. The molecule has 5 rings (SSSR count). The molecule has 0 aliphatic carbocycles. The molecular weight excluding hydrogens is 385 g/mol. The number of nitrogens with one attached hydrogen (secondary N) is 2. The molecule has 0 atom stereocenters. The maximum atomic E-state index is 13.9. The molecule has 4 heterocycles. The quantitative estimate of drug-likeness (QED) is 0.529. The fourth-order valence-corrected chi connectivity index (χ4v) is 4.06. The lowest BCUT2D eigenvalue weighted by Gasteiger charge is -2.21. The van der Waals surface area contributed by atoms with Gasteiger partial charge in [-0.05, 0) is 55.9 Å². The molecule has 1 fully saturated rings. The minimum atomic E-state index is -0.343. The zero-order chi connectivity index (χ0) is 20.5. The van der Waals surface area contributed by atoms with Crippen molar-refractivity contribution in [2.75, 3.05) is 13.2 Å². The summed E-state index contributed by atoms with van der Waals surface area (Å²) in [5.41, 5.74) is 3.00. The molecule has 30 heavy (non-hydrogen) atoms. The van der Waals surface area contributed by atoms with Gasteiger partial charge in [-0.3, -0.25) is 9.89 Å². The summed E-state index contributed by atoms with van der Waals surface area (Å²) in [5, 5.41) is 3.15. The molecule has 2 N–H and O–H groups in total. The third-order valence-corrected chi connectivity index (χ3v) is 5.70. The Labute approximate surface area is 171 Å². The largest absolute Gasteiger partial charge is 0.381 e. The van der Waals surface area contributed by atoms with Gasteiger partial charge in [0.15, 0.2) is 5.65 Å². The van der Waals surface area contributed by atoms with Crippen molar-refractivity contribution in [1.82, 2.24) is 24.7 Å². The van der Waals surface area contributed by atoms with Gasteiger partial charge in [0, 0.05) is 30.5 Å². The van der Waals surface area contributed by atoms with Gasteiger partial charge < -0.3 is 9.72 Å². The third kappa shape index (κ3) is 3.54. The van der Waals surface area contributed by atoms with Crippen LogP contribution in [0.1, 0.15) is 24.8 Å². The average Bonchev–Trinajstić information content (AvgIpc) is 3.34. The molecule has 7 nitrogen and oxygen atoms in total. The van der Waals surface area contributed by atoms with E-state index in [2.05, 4.69) is 20.1 Å². The highest BCUT2D eigenvalue weighted by Crippen LogP contribution is 2.26. The lowest BCUT2D eigenvalue weighted by atomic mass is 9.92. The van der Waals surface area contributed by atoms with Crippen LogP contribution in [0.5, 0.6) is 0 Å². The molecule has 0 spiro atoms. The van der Waals surface area contributed by atoms with Crippen LogP contribution in [0.25, 0.3) is 28.4 Å². The van der Waals surface area contributed by atoms with Gasteiger partial charge in [-0.2, -0.15) is 9.67 Å². The van der Waals surface area contributed by atoms with E-state index in [0.29, 0.717) is 40.8 Å². The number of hydrogen-bond donors (Lipinski definition) is 2. The number of pyridine rings is 1. The van der Waals surface area contributed by atoms with Crippen molar-refractivity contribution in [3.05, 3.63) is 64.3 Å². The second kappa shape index (κ2) is 7.87. The van der Waals surface area contributed by atoms with Crippen molar-refractivity contribution < 1.29 is 9.13 Å². The van der Waals surface area contributed by atoms with Gasteiger partial charge in [0.1, 0.15) is 5.82 Å². The molecule has 1 saturated heterocycles. The van der Waals surface area contributed by atoms with E-state index in [1.165, 1.54) is 16.8 Å². The lowest BCUT2D eigenvalue weighted by molar-refractivity contribution is 0.0640. The van der Waals surface area contributed by atoms with E-state index in [-0.39, 0.29) is 11.4 Å². The zero-order valence-corrected chi connectivity index (χ0v) is 16.4. The Bertz CT molecular complexity index is 1200. The van der Waals surface area contributed by atoms with Crippen LogP contribution >= 0.6 is 0 Å². The van der Waals surface area contributed by atoms with E-state index in [1.807, 2.05) is 6.07 Å². The van der Waals surface area contributed by atoms with Crippen LogP contribution in [-0.2, 0) is 11.2 Å². The first kappa shape index (κ1) is 18.7. The predicted molar refractivity (Wildman–Crippen MR) is 111 cm³/mol. The standard InChI is InChI=1S/C22H22FN5O2/c23-16-4-1-3-15(13-16)19-17(7-6-14-8-11-30-12-9-14)21(29)28(27-19)22-25-18-5-2-10-24-20(18)26-22/h1-5,10,13-14,27H,6-9,11-12H2,(H,24,25,26). The van der Waals surface area contributed by atoms with Crippen LogP contribution in [0.3, 0.4) is 0 Å². The summed E-state index contributed by atoms with van der Waals surface area (Å²) < 4.78 is 20.7. The van der Waals surface area contributed by atoms with Crippen LogP contribution in [0.2, 0.25) is 0 Å². The Kier molecular flexibility index (Phi) is 4.92. The first-order valence-electron chi connectivity index (χ1n) is 10.2. The summed E-state index contributed by atoms with van der Waals surface area (Å²) in [6.07, 6.45) is 5.16. The third-order valence-electron chi connectivity index (χ3n) is 5.70. The summed E-state index contributed by atoms with van der Waals surface area (Å²) in [6.45, 7) is 1.54. The minimum Gasteiger partial charge on any atom is -0.381 e. The molecule has 0 unspecified atom stereocenters. The SMILES string of the molecule is O=c1c(CCC2CCOCC2)c(-c2cccc(F)c2)[nH]n1-c1nc2ncccc2[nH]1. The topological polar surface area (TPSA) is 88.6 Å². The molecule has 0 saturated carbocycles. The van der Waals surface area contributed by atoms with Gasteiger partial charge in [0.2, 0.25) is 5.95 Å². The number of aromatic nitrogens is 5. The molecule has 3 aromatic heterocycles. The molecule has 1 aliphatic heterocycles. The van der Waals surface area contributed by atoms with Gasteiger partial charge in [0.05, 0.1) is 11.2 Å². The van der Waals surface area contributed by atoms with E-state index in [0.717, 1.165) is 38.0 Å². The van der Waals surface area contributed by atoms with Crippen LogP contribution < -0.4 is 5.56 Å². The van der Waals surface area contributed by atoms with E-state index in [4.69, 9.17) is 4.74 Å². The minimum absolute atomic E-state index is 0.180. The molecule has 1 aromatic carbocycles. The van der Waals surface area contributed by atoms with Gasteiger partial charge in [-0.1, -0.05) is 12.1 Å². The van der Waals surface area contributed by atoms with Gasteiger partial charge in [-0.25, -0.2) is 9.37 Å². The summed E-state index contributed by atoms with van der Waals surface area (Å²) in [6, 6.07) is 9.94. The average molecular weight is 407 g/mol. The monoisotopic (exact) mass is 407 g/mol. The van der Waals surface area contributed by atoms with Crippen LogP contribution in [0.4, 0.5) is 4.39 Å². The van der Waals surface area contributed by atoms with Crippen molar-refractivity contribution in [2.24, 2.45) is 5.92 Å². The van der Waals surface area contributed by atoms with Crippen molar-refractivity contribution in [3.63, 3.8) is 0 Å². The van der Waals surface area contributed by atoms with E-state index >= 15 is 0 Å². The van der Waals surface area contributed by atoms with Crippen molar-refractivity contribution in [3.8, 4) is 17.2 Å². The highest BCUT2D eigenvalue weighted by atomic mass is 19.1. The number of halogens is 1. The normalized spacial score (nSPS) is 15.1. The van der Waals surface area contributed by atoms with Gasteiger partial charge in [-0.15, -0.1) is 0 Å². The van der Waals surface area contributed by atoms with Crippen LogP contribution in [0, 0.1) is 11.7 Å². The Morgan fingerprint density at radius 1 is 1.20 bits per heavy atom. The summed E-state index contributed by atoms with van der Waals surface area (Å²) >= 11 is 0. The maximum absolute atomic E-state index is 13.9. The number of ether oxygens (including phenoxy) is 1. The molecular formula is C22H22FN5O2. The first-order valence-corrected chi connectivity index (χ1v) is 10.2. The fraction of sp³-hybridized carbons (Fsp3) is 0.318. The molecule has 4 aromatic rings. The smallest absolute Gasteiger partial charge is 0.277 e. The number of nitrogens with zero attached hydrogens (tertiary/aromatic N) is 3. The fourth-order valence-electron chi connectivity index (χ4n) is 4.06. The Morgan fingerprint density at radius 2 is 2.07 bits per heavy atom. The number of aromatic amines is 2. The molecule has 8 heteroatoms. The van der Waals surface area contributed by atoms with Gasteiger partial charge in [0.25, 0.3) is 5.56 Å². The molecule has 0 bridgehead atoms. The van der Waals surface area contributed by atoms with Crippen molar-refractivity contribution in [1.29, 1.82) is 0 Å². The molecule has 0 radical (unpaired) electrons. The number of fused-ring (bicyclic) bond motifs is 1. The maximum Gasteiger partial charge on any atom is 0.277 e. The summed E-state index contributed by atoms with van der Waals surface area (Å²) in [7, 11) is 0. The first-order chi connectivity index (χ1) is 14.7. The molecule has 0 amide bonds. The number of hydrogen-bond acceptors (Lipinski definition) is 4. The van der Waals surface area contributed by atoms with Crippen LogP contribution in [-0.4, -0.2) is 37.9 Å². The Balaban J connectivity index is 1.57. The van der Waals surface area contributed by atoms with E-state index in [9.17, 15) is 9.18 Å². The molecule has 154 valence electrons. The lowest BCUT2D eigenvalue weighted by Crippen LogP contribution is -2.20. The number of imidazole rings is 1. The number of benzene rings is 1.